The maximum absolute atomic E-state index is 11.7. The van der Waals surface area contributed by atoms with E-state index in [1.165, 1.54) is 0 Å². The van der Waals surface area contributed by atoms with Crippen LogP contribution in [0.2, 0.25) is 0 Å². The van der Waals surface area contributed by atoms with Crippen molar-refractivity contribution in [2.45, 2.75) is 47.5 Å². The Bertz CT molecular complexity index is 472. The van der Waals surface area contributed by atoms with Crippen molar-refractivity contribution in [3.05, 3.63) is 16.8 Å². The van der Waals surface area contributed by atoms with Gasteiger partial charge in [0.05, 0.1) is 5.69 Å². The number of carbonyl (C=O) groups is 1. The van der Waals surface area contributed by atoms with E-state index < -0.39 is 5.97 Å². The lowest BCUT2D eigenvalue weighted by molar-refractivity contribution is 0.0695. The summed E-state index contributed by atoms with van der Waals surface area (Å²) in [6.45, 7) is 11.7. The van der Waals surface area contributed by atoms with E-state index in [2.05, 4.69) is 24.0 Å². The highest BCUT2D eigenvalue weighted by Gasteiger charge is 2.23. The molecule has 0 fully saturated rings. The minimum atomic E-state index is -0.913. The fraction of sp³-hybridized carbons (Fsp3) is 0.667. The van der Waals surface area contributed by atoms with Gasteiger partial charge in [-0.3, -0.25) is 0 Å². The number of hydrogen-bond acceptors (Lipinski definition) is 4. The van der Waals surface area contributed by atoms with Gasteiger partial charge in [0, 0.05) is 13.1 Å². The summed E-state index contributed by atoms with van der Waals surface area (Å²) in [4.78, 5) is 13.7. The fourth-order valence-electron chi connectivity index (χ4n) is 2.41. The Kier molecular flexibility index (Phi) is 5.92. The lowest BCUT2D eigenvalue weighted by Crippen LogP contribution is -2.31. The summed E-state index contributed by atoms with van der Waals surface area (Å²) in [6, 6.07) is 0. The van der Waals surface area contributed by atoms with E-state index in [-0.39, 0.29) is 0 Å². The predicted octanol–water partition coefficient (Wildman–Crippen LogP) is 2.78. The standard InChI is InChI=1S/C15H25N3O2/c1-6-11-12(7-2)16-17-14(13(11)15(19)20)18(8-3)9-10(4)5/h10H,6-9H2,1-5H3,(H,19,20). The average molecular weight is 279 g/mol. The number of aromatic nitrogens is 2. The molecule has 0 aliphatic carbocycles. The van der Waals surface area contributed by atoms with Gasteiger partial charge in [0.15, 0.2) is 5.82 Å². The third kappa shape index (κ3) is 3.46. The average Bonchev–Trinajstić information content (AvgIpc) is 2.42. The summed E-state index contributed by atoms with van der Waals surface area (Å²) < 4.78 is 0. The Morgan fingerprint density at radius 2 is 1.85 bits per heavy atom. The number of anilines is 1. The first kappa shape index (κ1) is 16.4. The van der Waals surface area contributed by atoms with Gasteiger partial charge in [-0.25, -0.2) is 4.79 Å². The van der Waals surface area contributed by atoms with Crippen LogP contribution in [-0.2, 0) is 12.8 Å². The predicted molar refractivity (Wildman–Crippen MR) is 80.5 cm³/mol. The van der Waals surface area contributed by atoms with Crippen LogP contribution in [0.25, 0.3) is 0 Å². The molecular weight excluding hydrogens is 254 g/mol. The molecule has 1 rings (SSSR count). The van der Waals surface area contributed by atoms with Crippen molar-refractivity contribution in [3.8, 4) is 0 Å². The van der Waals surface area contributed by atoms with E-state index in [4.69, 9.17) is 0 Å². The summed E-state index contributed by atoms with van der Waals surface area (Å²) >= 11 is 0. The van der Waals surface area contributed by atoms with Gasteiger partial charge in [0.25, 0.3) is 0 Å². The maximum Gasteiger partial charge on any atom is 0.339 e. The molecule has 1 N–H and O–H groups in total. The van der Waals surface area contributed by atoms with E-state index in [0.29, 0.717) is 30.1 Å². The molecule has 0 spiro atoms. The van der Waals surface area contributed by atoms with Gasteiger partial charge < -0.3 is 10.0 Å². The monoisotopic (exact) mass is 279 g/mol. The largest absolute Gasteiger partial charge is 0.478 e. The SMILES string of the molecule is CCc1nnc(N(CC)CC(C)C)c(C(=O)O)c1CC. The van der Waals surface area contributed by atoms with E-state index in [9.17, 15) is 9.90 Å². The minimum Gasteiger partial charge on any atom is -0.478 e. The molecule has 112 valence electrons. The molecule has 5 nitrogen and oxygen atoms in total. The van der Waals surface area contributed by atoms with Crippen LogP contribution in [0, 0.1) is 5.92 Å². The zero-order valence-corrected chi connectivity index (χ0v) is 13.1. The molecular formula is C15H25N3O2. The number of carboxylic acid groups (broad SMARTS) is 1. The number of aromatic carboxylic acids is 1. The topological polar surface area (TPSA) is 66.3 Å². The first-order valence-electron chi connectivity index (χ1n) is 7.32. The van der Waals surface area contributed by atoms with E-state index in [1.54, 1.807) is 0 Å². The minimum absolute atomic E-state index is 0.321. The summed E-state index contributed by atoms with van der Waals surface area (Å²) in [5, 5.41) is 18.0. The van der Waals surface area contributed by atoms with E-state index >= 15 is 0 Å². The molecule has 0 aliphatic heterocycles. The summed E-state index contributed by atoms with van der Waals surface area (Å²) in [7, 11) is 0. The molecule has 0 bridgehead atoms. The molecule has 5 heteroatoms. The van der Waals surface area contributed by atoms with Crippen molar-refractivity contribution in [2.75, 3.05) is 18.0 Å². The molecule has 0 saturated heterocycles. The Labute approximate surface area is 121 Å². The Morgan fingerprint density at radius 3 is 2.25 bits per heavy atom. The highest BCUT2D eigenvalue weighted by molar-refractivity contribution is 5.95. The molecule has 0 aromatic carbocycles. The second-order valence-electron chi connectivity index (χ2n) is 5.27. The quantitative estimate of drug-likeness (QED) is 0.831. The van der Waals surface area contributed by atoms with Crippen molar-refractivity contribution in [1.82, 2.24) is 10.2 Å². The Morgan fingerprint density at radius 1 is 1.20 bits per heavy atom. The Hall–Kier alpha value is -1.65. The second-order valence-corrected chi connectivity index (χ2v) is 5.27. The van der Waals surface area contributed by atoms with Crippen molar-refractivity contribution in [3.63, 3.8) is 0 Å². The molecule has 20 heavy (non-hydrogen) atoms. The molecule has 0 aliphatic rings. The number of aryl methyl sites for hydroxylation is 1. The molecule has 0 saturated carbocycles. The fourth-order valence-corrected chi connectivity index (χ4v) is 2.41. The van der Waals surface area contributed by atoms with Crippen molar-refractivity contribution in [1.29, 1.82) is 0 Å². The van der Waals surface area contributed by atoms with Crippen molar-refractivity contribution < 1.29 is 9.90 Å². The maximum atomic E-state index is 11.7. The highest BCUT2D eigenvalue weighted by atomic mass is 16.4. The Balaban J connectivity index is 3.41. The number of hydrogen-bond donors (Lipinski definition) is 1. The van der Waals surface area contributed by atoms with Gasteiger partial charge in [0.1, 0.15) is 5.56 Å². The highest BCUT2D eigenvalue weighted by Crippen LogP contribution is 2.24. The summed E-state index contributed by atoms with van der Waals surface area (Å²) in [6.07, 6.45) is 1.36. The zero-order chi connectivity index (χ0) is 15.3. The van der Waals surface area contributed by atoms with Crippen LogP contribution >= 0.6 is 0 Å². The van der Waals surface area contributed by atoms with Crippen LogP contribution < -0.4 is 4.90 Å². The van der Waals surface area contributed by atoms with Crippen LogP contribution in [0.1, 0.15) is 56.2 Å². The van der Waals surface area contributed by atoms with Gasteiger partial charge in [-0.15, -0.1) is 5.10 Å². The van der Waals surface area contributed by atoms with Crippen LogP contribution in [0.3, 0.4) is 0 Å². The lowest BCUT2D eigenvalue weighted by Gasteiger charge is -2.26. The van der Waals surface area contributed by atoms with Crippen molar-refractivity contribution >= 4 is 11.8 Å². The van der Waals surface area contributed by atoms with Gasteiger partial charge in [0.2, 0.25) is 0 Å². The molecule has 1 aromatic rings. The third-order valence-corrected chi connectivity index (χ3v) is 3.31. The normalized spacial score (nSPS) is 10.9. The summed E-state index contributed by atoms with van der Waals surface area (Å²) in [5.74, 6) is 0.0285. The smallest absolute Gasteiger partial charge is 0.339 e. The lowest BCUT2D eigenvalue weighted by atomic mass is 10.0. The van der Waals surface area contributed by atoms with Crippen molar-refractivity contribution in [2.24, 2.45) is 5.92 Å². The van der Waals surface area contributed by atoms with Crippen LogP contribution in [0.4, 0.5) is 5.82 Å². The molecule has 0 radical (unpaired) electrons. The van der Waals surface area contributed by atoms with Crippen LogP contribution in [0.5, 0.6) is 0 Å². The third-order valence-electron chi connectivity index (χ3n) is 3.31. The van der Waals surface area contributed by atoms with E-state index in [1.807, 2.05) is 25.7 Å². The first-order valence-corrected chi connectivity index (χ1v) is 7.32. The summed E-state index contributed by atoms with van der Waals surface area (Å²) in [5.41, 5.74) is 1.92. The molecule has 0 atom stereocenters. The second kappa shape index (κ2) is 7.22. The van der Waals surface area contributed by atoms with E-state index in [0.717, 1.165) is 24.3 Å². The van der Waals surface area contributed by atoms with Gasteiger partial charge in [-0.1, -0.05) is 27.7 Å². The molecule has 1 aromatic heterocycles. The van der Waals surface area contributed by atoms with Crippen LogP contribution in [-0.4, -0.2) is 34.4 Å². The molecule has 0 amide bonds. The number of carboxylic acids is 1. The molecule has 0 unspecified atom stereocenters. The number of rotatable bonds is 7. The zero-order valence-electron chi connectivity index (χ0n) is 13.1. The van der Waals surface area contributed by atoms with Gasteiger partial charge >= 0.3 is 5.97 Å². The van der Waals surface area contributed by atoms with Crippen LogP contribution in [0.15, 0.2) is 0 Å². The number of nitrogens with zero attached hydrogens (tertiary/aromatic N) is 3. The first-order chi connectivity index (χ1) is 9.46. The van der Waals surface area contributed by atoms with Gasteiger partial charge in [-0.2, -0.15) is 5.10 Å². The van der Waals surface area contributed by atoms with Gasteiger partial charge in [-0.05, 0) is 31.2 Å². The molecule has 1 heterocycles.